The highest BCUT2D eigenvalue weighted by Crippen LogP contribution is 2.29. The van der Waals surface area contributed by atoms with Crippen molar-refractivity contribution in [1.29, 1.82) is 0 Å². The van der Waals surface area contributed by atoms with Gasteiger partial charge in [0.25, 0.3) is 0 Å². The van der Waals surface area contributed by atoms with E-state index >= 15 is 0 Å². The van der Waals surface area contributed by atoms with Gasteiger partial charge in [-0.25, -0.2) is 9.78 Å². The van der Waals surface area contributed by atoms with Crippen LogP contribution in [0.1, 0.15) is 17.5 Å². The molecule has 0 saturated carbocycles. The molecule has 0 spiro atoms. The highest BCUT2D eigenvalue weighted by atomic mass is 35.5. The summed E-state index contributed by atoms with van der Waals surface area (Å²) in [5.41, 5.74) is 0.424. The third kappa shape index (κ3) is 6.25. The van der Waals surface area contributed by atoms with Gasteiger partial charge in [-0.1, -0.05) is 29.8 Å². The molecule has 30 heavy (non-hydrogen) atoms. The number of nitrogens with zero attached hydrogens (tertiary/aromatic N) is 3. The van der Waals surface area contributed by atoms with E-state index in [2.05, 4.69) is 10.3 Å². The van der Waals surface area contributed by atoms with Gasteiger partial charge in [0.05, 0.1) is 11.9 Å². The molecule has 1 heterocycles. The Kier molecular flexibility index (Phi) is 6.99. The highest BCUT2D eigenvalue weighted by Gasteiger charge is 2.30. The summed E-state index contributed by atoms with van der Waals surface area (Å²) in [6.45, 7) is 1.24. The Labute approximate surface area is 177 Å². The van der Waals surface area contributed by atoms with Gasteiger partial charge in [-0.05, 0) is 42.3 Å². The Bertz CT molecular complexity index is 959. The maximum absolute atomic E-state index is 12.8. The van der Waals surface area contributed by atoms with Crippen LogP contribution < -0.4 is 5.32 Å². The van der Waals surface area contributed by atoms with E-state index in [1.54, 1.807) is 41.7 Å². The number of carbonyl (C=O) groups is 1. The van der Waals surface area contributed by atoms with Crippen LogP contribution in [0.25, 0.3) is 0 Å². The summed E-state index contributed by atoms with van der Waals surface area (Å²) < 4.78 is 40.3. The zero-order chi connectivity index (χ0) is 21.6. The van der Waals surface area contributed by atoms with Gasteiger partial charge in [0, 0.05) is 42.7 Å². The molecule has 0 aliphatic rings. The van der Waals surface area contributed by atoms with Crippen LogP contribution >= 0.6 is 11.6 Å². The number of aromatic nitrogens is 2. The monoisotopic (exact) mass is 436 g/mol. The van der Waals surface area contributed by atoms with E-state index in [0.29, 0.717) is 35.8 Å². The number of aryl methyl sites for hydroxylation is 1. The SMILES string of the molecule is O=C(Nc1cccc(Cl)c1)N(CCCn1ccnc1)Cc1ccc(C(F)(F)F)cc1. The predicted octanol–water partition coefficient (Wildman–Crippen LogP) is 5.68. The number of hydrogen-bond donors (Lipinski definition) is 1. The van der Waals surface area contributed by atoms with Crippen LogP contribution in [0.2, 0.25) is 5.02 Å². The molecule has 0 radical (unpaired) electrons. The minimum absolute atomic E-state index is 0.175. The Balaban J connectivity index is 1.69. The second-order valence-electron chi connectivity index (χ2n) is 6.71. The molecule has 158 valence electrons. The lowest BCUT2D eigenvalue weighted by molar-refractivity contribution is -0.137. The van der Waals surface area contributed by atoms with Crippen molar-refractivity contribution >= 4 is 23.3 Å². The molecule has 3 rings (SSSR count). The molecule has 2 amide bonds. The Morgan fingerprint density at radius 1 is 1.17 bits per heavy atom. The number of urea groups is 1. The van der Waals surface area contributed by atoms with Gasteiger partial charge in [0.1, 0.15) is 0 Å². The standard InChI is InChI=1S/C21H20ClF3N4O/c22-18-3-1-4-19(13-18)27-20(30)29(11-2-10-28-12-9-26-15-28)14-16-5-7-17(8-6-16)21(23,24)25/h1,3-9,12-13,15H,2,10-11,14H2,(H,27,30). The first kappa shape index (κ1) is 21.7. The van der Waals surface area contributed by atoms with E-state index < -0.39 is 11.7 Å². The van der Waals surface area contributed by atoms with Crippen molar-refractivity contribution < 1.29 is 18.0 Å². The molecule has 2 aromatic carbocycles. The minimum atomic E-state index is -4.40. The van der Waals surface area contributed by atoms with Crippen LogP contribution in [-0.4, -0.2) is 27.0 Å². The van der Waals surface area contributed by atoms with E-state index in [9.17, 15) is 18.0 Å². The van der Waals surface area contributed by atoms with E-state index in [1.165, 1.54) is 12.1 Å². The first-order chi connectivity index (χ1) is 14.3. The topological polar surface area (TPSA) is 50.2 Å². The molecule has 0 aliphatic carbocycles. The number of alkyl halides is 3. The summed E-state index contributed by atoms with van der Waals surface area (Å²) in [5.74, 6) is 0. The van der Waals surface area contributed by atoms with Crippen molar-refractivity contribution in [2.75, 3.05) is 11.9 Å². The number of nitrogens with one attached hydrogen (secondary N) is 1. The first-order valence-electron chi connectivity index (χ1n) is 9.24. The molecule has 0 fully saturated rings. The van der Waals surface area contributed by atoms with Gasteiger partial charge < -0.3 is 14.8 Å². The lowest BCUT2D eigenvalue weighted by atomic mass is 10.1. The maximum atomic E-state index is 12.8. The van der Waals surface area contributed by atoms with Crippen molar-refractivity contribution in [2.45, 2.75) is 25.7 Å². The molecule has 3 aromatic rings. The van der Waals surface area contributed by atoms with Gasteiger partial charge in [-0.2, -0.15) is 13.2 Å². The molecule has 0 aliphatic heterocycles. The highest BCUT2D eigenvalue weighted by molar-refractivity contribution is 6.30. The Morgan fingerprint density at radius 2 is 1.93 bits per heavy atom. The fourth-order valence-corrected chi connectivity index (χ4v) is 3.09. The summed E-state index contributed by atoms with van der Waals surface area (Å²) in [6.07, 6.45) is 1.44. The summed E-state index contributed by atoms with van der Waals surface area (Å²) in [4.78, 5) is 18.4. The lowest BCUT2D eigenvalue weighted by Crippen LogP contribution is -2.35. The van der Waals surface area contributed by atoms with Crippen molar-refractivity contribution in [3.05, 3.63) is 83.4 Å². The molecule has 0 saturated heterocycles. The van der Waals surface area contributed by atoms with Crippen LogP contribution in [-0.2, 0) is 19.3 Å². The van der Waals surface area contributed by atoms with Crippen LogP contribution in [0, 0.1) is 0 Å². The molecule has 1 N–H and O–H groups in total. The largest absolute Gasteiger partial charge is 0.416 e. The predicted molar refractivity (Wildman–Crippen MR) is 109 cm³/mol. The zero-order valence-electron chi connectivity index (χ0n) is 15.9. The van der Waals surface area contributed by atoms with Gasteiger partial charge in [0.15, 0.2) is 0 Å². The third-order valence-corrected chi connectivity index (χ3v) is 4.66. The van der Waals surface area contributed by atoms with E-state index in [-0.39, 0.29) is 12.6 Å². The smallest absolute Gasteiger partial charge is 0.337 e. The van der Waals surface area contributed by atoms with Crippen LogP contribution in [0.5, 0.6) is 0 Å². The van der Waals surface area contributed by atoms with Crippen LogP contribution in [0.3, 0.4) is 0 Å². The number of imidazole rings is 1. The third-order valence-electron chi connectivity index (χ3n) is 4.42. The van der Waals surface area contributed by atoms with Gasteiger partial charge in [0.2, 0.25) is 0 Å². The number of carbonyl (C=O) groups excluding carboxylic acids is 1. The second-order valence-corrected chi connectivity index (χ2v) is 7.15. The number of halogens is 4. The zero-order valence-corrected chi connectivity index (χ0v) is 16.7. The fourth-order valence-electron chi connectivity index (χ4n) is 2.90. The van der Waals surface area contributed by atoms with Crippen LogP contribution in [0.15, 0.2) is 67.3 Å². The van der Waals surface area contributed by atoms with Crippen molar-refractivity contribution in [3.63, 3.8) is 0 Å². The number of rotatable bonds is 7. The number of amides is 2. The summed E-state index contributed by atoms with van der Waals surface area (Å²) >= 11 is 5.96. The first-order valence-corrected chi connectivity index (χ1v) is 9.62. The van der Waals surface area contributed by atoms with Gasteiger partial charge in [-0.15, -0.1) is 0 Å². The summed E-state index contributed by atoms with van der Waals surface area (Å²) in [6, 6.07) is 11.2. The Morgan fingerprint density at radius 3 is 2.57 bits per heavy atom. The molecule has 1 aromatic heterocycles. The quantitative estimate of drug-likeness (QED) is 0.518. The average Bonchev–Trinajstić information content (AvgIpc) is 3.20. The van der Waals surface area contributed by atoms with E-state index in [4.69, 9.17) is 11.6 Å². The van der Waals surface area contributed by atoms with Crippen molar-refractivity contribution in [3.8, 4) is 0 Å². The minimum Gasteiger partial charge on any atom is -0.337 e. The molecule has 9 heteroatoms. The molecular weight excluding hydrogens is 417 g/mol. The average molecular weight is 437 g/mol. The van der Waals surface area contributed by atoms with Gasteiger partial charge in [-0.3, -0.25) is 0 Å². The molecule has 0 atom stereocenters. The van der Waals surface area contributed by atoms with Crippen LogP contribution in [0.4, 0.5) is 23.7 Å². The van der Waals surface area contributed by atoms with Crippen molar-refractivity contribution in [2.24, 2.45) is 0 Å². The molecular formula is C21H20ClF3N4O. The normalized spacial score (nSPS) is 11.3. The number of anilines is 1. The van der Waals surface area contributed by atoms with Crippen molar-refractivity contribution in [1.82, 2.24) is 14.5 Å². The second kappa shape index (κ2) is 9.67. The van der Waals surface area contributed by atoms with E-state index in [1.807, 2.05) is 10.8 Å². The summed E-state index contributed by atoms with van der Waals surface area (Å²) in [5, 5.41) is 3.27. The maximum Gasteiger partial charge on any atom is 0.416 e. The fraction of sp³-hybridized carbons (Fsp3) is 0.238. The number of benzene rings is 2. The van der Waals surface area contributed by atoms with Gasteiger partial charge >= 0.3 is 12.2 Å². The molecule has 0 bridgehead atoms. The molecule has 0 unspecified atom stereocenters. The molecule has 5 nitrogen and oxygen atoms in total. The number of hydrogen-bond acceptors (Lipinski definition) is 2. The van der Waals surface area contributed by atoms with E-state index in [0.717, 1.165) is 12.1 Å². The lowest BCUT2D eigenvalue weighted by Gasteiger charge is -2.24. The summed E-state index contributed by atoms with van der Waals surface area (Å²) in [7, 11) is 0. The Hall–Kier alpha value is -3.00.